The van der Waals surface area contributed by atoms with E-state index in [0.717, 1.165) is 14.9 Å². The summed E-state index contributed by atoms with van der Waals surface area (Å²) in [5, 5.41) is 2.22. The number of urea groups is 1. The number of hydrogen-bond donors (Lipinski definition) is 1. The Labute approximate surface area is 176 Å². The number of carbonyl (C=O) groups is 3. The van der Waals surface area contributed by atoms with Crippen LogP contribution >= 0.6 is 15.9 Å². The first kappa shape index (κ1) is 20.6. The summed E-state index contributed by atoms with van der Waals surface area (Å²) in [4.78, 5) is 38.6. The molecule has 2 aromatic rings. The minimum absolute atomic E-state index is 0.155. The van der Waals surface area contributed by atoms with Crippen molar-refractivity contribution in [2.45, 2.75) is 13.8 Å². The van der Waals surface area contributed by atoms with E-state index in [1.165, 1.54) is 13.2 Å². The number of nitrogens with zero attached hydrogens (tertiary/aromatic N) is 1. The van der Waals surface area contributed by atoms with Crippen molar-refractivity contribution in [3.63, 3.8) is 0 Å². The molecule has 0 bridgehead atoms. The molecule has 8 heteroatoms. The summed E-state index contributed by atoms with van der Waals surface area (Å²) in [6.45, 7) is 4.11. The van der Waals surface area contributed by atoms with Gasteiger partial charge in [0.15, 0.2) is 11.5 Å². The molecule has 1 fully saturated rings. The number of hydrogen-bond acceptors (Lipinski definition) is 5. The minimum atomic E-state index is -0.788. The zero-order valence-electron chi connectivity index (χ0n) is 16.1. The van der Waals surface area contributed by atoms with E-state index in [1.807, 2.05) is 13.8 Å². The van der Waals surface area contributed by atoms with Crippen LogP contribution in [0.2, 0.25) is 0 Å². The second kappa shape index (κ2) is 8.48. The first-order chi connectivity index (χ1) is 13.8. The quantitative estimate of drug-likeness (QED) is 0.543. The maximum Gasteiger partial charge on any atom is 0.335 e. The van der Waals surface area contributed by atoms with Gasteiger partial charge in [-0.1, -0.05) is 22.0 Å². The van der Waals surface area contributed by atoms with E-state index in [0.29, 0.717) is 29.4 Å². The number of amides is 4. The van der Waals surface area contributed by atoms with Crippen molar-refractivity contribution in [2.75, 3.05) is 18.6 Å². The summed E-state index contributed by atoms with van der Waals surface area (Å²) in [7, 11) is 1.53. The predicted molar refractivity (Wildman–Crippen MR) is 112 cm³/mol. The molecule has 150 valence electrons. The van der Waals surface area contributed by atoms with Gasteiger partial charge >= 0.3 is 6.03 Å². The molecule has 0 atom stereocenters. The van der Waals surface area contributed by atoms with Crippen LogP contribution in [-0.2, 0) is 9.59 Å². The zero-order valence-corrected chi connectivity index (χ0v) is 17.7. The molecule has 7 nitrogen and oxygen atoms in total. The van der Waals surface area contributed by atoms with E-state index in [9.17, 15) is 14.4 Å². The number of halogens is 1. The number of barbiturate groups is 1. The summed E-state index contributed by atoms with van der Waals surface area (Å²) >= 11 is 3.39. The molecule has 0 aromatic heterocycles. The van der Waals surface area contributed by atoms with Gasteiger partial charge in [0.25, 0.3) is 11.8 Å². The van der Waals surface area contributed by atoms with Crippen LogP contribution in [0.25, 0.3) is 6.08 Å². The third kappa shape index (κ3) is 4.17. The van der Waals surface area contributed by atoms with E-state index >= 15 is 0 Å². The fourth-order valence-corrected chi connectivity index (χ4v) is 3.12. The SMILES string of the molecule is CCOc1cc(/C=C2\C(=O)NC(=O)N(c3ccc(Br)c(C)c3)C2=O)ccc1OC. The van der Waals surface area contributed by atoms with Crippen LogP contribution in [0.5, 0.6) is 11.5 Å². The molecule has 0 radical (unpaired) electrons. The second-order valence-electron chi connectivity index (χ2n) is 6.23. The first-order valence-corrected chi connectivity index (χ1v) is 9.63. The monoisotopic (exact) mass is 458 g/mol. The highest BCUT2D eigenvalue weighted by Crippen LogP contribution is 2.30. The van der Waals surface area contributed by atoms with Crippen LogP contribution < -0.4 is 19.7 Å². The Balaban J connectivity index is 2.01. The molecule has 1 heterocycles. The van der Waals surface area contributed by atoms with Crippen LogP contribution in [0.4, 0.5) is 10.5 Å². The lowest BCUT2D eigenvalue weighted by molar-refractivity contribution is -0.122. The highest BCUT2D eigenvalue weighted by molar-refractivity contribution is 9.10. The number of rotatable bonds is 5. The summed E-state index contributed by atoms with van der Waals surface area (Å²) in [6, 6.07) is 9.31. The average Bonchev–Trinajstić information content (AvgIpc) is 2.68. The predicted octanol–water partition coefficient (Wildman–Crippen LogP) is 3.83. The molecule has 4 amide bonds. The fraction of sp³-hybridized carbons (Fsp3) is 0.190. The number of carbonyl (C=O) groups excluding carboxylic acids is 3. The van der Waals surface area contributed by atoms with E-state index < -0.39 is 17.8 Å². The number of aryl methyl sites for hydroxylation is 1. The van der Waals surface area contributed by atoms with Crippen molar-refractivity contribution in [1.82, 2.24) is 5.32 Å². The molecule has 1 N–H and O–H groups in total. The van der Waals surface area contributed by atoms with Gasteiger partial charge < -0.3 is 9.47 Å². The van der Waals surface area contributed by atoms with E-state index in [4.69, 9.17) is 9.47 Å². The van der Waals surface area contributed by atoms with Gasteiger partial charge in [-0.3, -0.25) is 14.9 Å². The Kier molecular flexibility index (Phi) is 6.03. The Hall–Kier alpha value is -3.13. The van der Waals surface area contributed by atoms with Crippen molar-refractivity contribution < 1.29 is 23.9 Å². The van der Waals surface area contributed by atoms with Crippen molar-refractivity contribution >= 4 is 45.5 Å². The molecule has 0 saturated carbocycles. The third-order valence-corrected chi connectivity index (χ3v) is 5.19. The van der Waals surface area contributed by atoms with Gasteiger partial charge in [0.1, 0.15) is 5.57 Å². The van der Waals surface area contributed by atoms with Gasteiger partial charge in [0, 0.05) is 4.47 Å². The molecule has 0 spiro atoms. The molecule has 2 aromatic carbocycles. The van der Waals surface area contributed by atoms with Crippen LogP contribution in [-0.4, -0.2) is 31.6 Å². The summed E-state index contributed by atoms with van der Waals surface area (Å²) < 4.78 is 11.6. The number of anilines is 1. The lowest BCUT2D eigenvalue weighted by Gasteiger charge is -2.26. The van der Waals surface area contributed by atoms with Crippen LogP contribution in [0.1, 0.15) is 18.1 Å². The second-order valence-corrected chi connectivity index (χ2v) is 7.09. The van der Waals surface area contributed by atoms with Crippen LogP contribution in [0.15, 0.2) is 46.4 Å². The number of benzene rings is 2. The maximum atomic E-state index is 13.0. The van der Waals surface area contributed by atoms with Crippen molar-refractivity contribution in [3.05, 3.63) is 57.6 Å². The van der Waals surface area contributed by atoms with Crippen molar-refractivity contribution in [1.29, 1.82) is 0 Å². The summed E-state index contributed by atoms with van der Waals surface area (Å²) in [5.74, 6) is -0.423. The largest absolute Gasteiger partial charge is 0.493 e. The molecule has 29 heavy (non-hydrogen) atoms. The molecule has 1 aliphatic rings. The van der Waals surface area contributed by atoms with Gasteiger partial charge in [0.2, 0.25) is 0 Å². The van der Waals surface area contributed by atoms with Crippen molar-refractivity contribution in [3.8, 4) is 11.5 Å². The molecule has 0 aliphatic carbocycles. The fourth-order valence-electron chi connectivity index (χ4n) is 2.88. The number of methoxy groups -OCH3 is 1. The average molecular weight is 459 g/mol. The third-order valence-electron chi connectivity index (χ3n) is 4.30. The normalized spacial score (nSPS) is 15.5. The van der Waals surface area contributed by atoms with E-state index in [2.05, 4.69) is 21.2 Å². The Morgan fingerprint density at radius 2 is 1.86 bits per heavy atom. The number of ether oxygens (including phenoxy) is 2. The molecule has 3 rings (SSSR count). The lowest BCUT2D eigenvalue weighted by Crippen LogP contribution is -2.54. The van der Waals surface area contributed by atoms with Gasteiger partial charge in [-0.15, -0.1) is 0 Å². The Bertz CT molecular complexity index is 1030. The Morgan fingerprint density at radius 3 is 2.52 bits per heavy atom. The zero-order chi connectivity index (χ0) is 21.1. The summed E-state index contributed by atoms with van der Waals surface area (Å²) in [6.07, 6.45) is 1.42. The van der Waals surface area contributed by atoms with Crippen LogP contribution in [0, 0.1) is 6.92 Å². The molecular weight excluding hydrogens is 440 g/mol. The van der Waals surface area contributed by atoms with Gasteiger partial charge in [-0.2, -0.15) is 0 Å². The minimum Gasteiger partial charge on any atom is -0.493 e. The molecule has 0 unspecified atom stereocenters. The first-order valence-electron chi connectivity index (χ1n) is 8.84. The van der Waals surface area contributed by atoms with Gasteiger partial charge in [0.05, 0.1) is 19.4 Å². The highest BCUT2D eigenvalue weighted by atomic mass is 79.9. The van der Waals surface area contributed by atoms with Gasteiger partial charge in [-0.05, 0) is 61.4 Å². The smallest absolute Gasteiger partial charge is 0.335 e. The molecule has 1 saturated heterocycles. The standard InChI is InChI=1S/C21H19BrN2O5/c1-4-29-18-11-13(5-8-17(18)28-3)10-15-19(25)23-21(27)24(20(15)26)14-6-7-16(22)12(2)9-14/h5-11H,4H2,1-3H3,(H,23,25,27)/b15-10+. The van der Waals surface area contributed by atoms with Crippen molar-refractivity contribution in [2.24, 2.45) is 0 Å². The van der Waals surface area contributed by atoms with Gasteiger partial charge in [-0.25, -0.2) is 9.69 Å². The van der Waals surface area contributed by atoms with Crippen LogP contribution in [0.3, 0.4) is 0 Å². The number of nitrogens with one attached hydrogen (secondary N) is 1. The Morgan fingerprint density at radius 1 is 1.10 bits per heavy atom. The van der Waals surface area contributed by atoms with E-state index in [1.54, 1.807) is 36.4 Å². The number of imide groups is 2. The lowest BCUT2D eigenvalue weighted by atomic mass is 10.1. The topological polar surface area (TPSA) is 84.9 Å². The molecule has 1 aliphatic heterocycles. The highest BCUT2D eigenvalue weighted by Gasteiger charge is 2.36. The summed E-state index contributed by atoms with van der Waals surface area (Å²) in [5.41, 5.74) is 1.63. The molecular formula is C21H19BrN2O5. The maximum absolute atomic E-state index is 13.0. The van der Waals surface area contributed by atoms with E-state index in [-0.39, 0.29) is 5.57 Å².